The molecule has 0 aromatic heterocycles. The average Bonchev–Trinajstić information content (AvgIpc) is 3.27. The monoisotopic (exact) mass is 803 g/mol. The summed E-state index contributed by atoms with van der Waals surface area (Å²) < 4.78 is 0. The molecule has 7 aromatic carbocycles. The fraction of sp³-hybridized carbons (Fsp3) is 0.200. The Kier molecular flexibility index (Phi) is 10.0. The van der Waals surface area contributed by atoms with E-state index >= 15 is 0 Å². The topological polar surface area (TPSA) is 208 Å². The number of amides is 2. The van der Waals surface area contributed by atoms with Crippen LogP contribution in [0.5, 0.6) is 0 Å². The molecule has 15 heteroatoms. The maximum atomic E-state index is 14.0. The number of azo groups is 1. The van der Waals surface area contributed by atoms with Crippen molar-refractivity contribution in [2.75, 3.05) is 62.4 Å². The molecule has 0 bridgehead atoms. The molecule has 300 valence electrons. The zero-order valence-electron chi connectivity index (χ0n) is 32.0. The molecule has 15 nitrogen and oxygen atoms in total. The molecule has 2 amide bonds. The van der Waals surface area contributed by atoms with Crippen LogP contribution in [0, 0.1) is 0 Å². The predicted molar refractivity (Wildman–Crippen MR) is 225 cm³/mol. The summed E-state index contributed by atoms with van der Waals surface area (Å²) in [5.74, 6) is -2.22. The lowest BCUT2D eigenvalue weighted by molar-refractivity contribution is 0.0601. The molecule has 60 heavy (non-hydrogen) atoms. The van der Waals surface area contributed by atoms with E-state index in [1.165, 1.54) is 0 Å². The van der Waals surface area contributed by atoms with E-state index in [0.29, 0.717) is 70.2 Å². The van der Waals surface area contributed by atoms with Crippen LogP contribution in [0.2, 0.25) is 0 Å². The van der Waals surface area contributed by atoms with Gasteiger partial charge in [0.1, 0.15) is 0 Å². The van der Waals surface area contributed by atoms with E-state index < -0.39 is 29.4 Å². The van der Waals surface area contributed by atoms with Crippen LogP contribution >= 0.6 is 0 Å². The number of anilines is 2. The molecule has 0 unspecified atom stereocenters. The van der Waals surface area contributed by atoms with Crippen LogP contribution in [0.4, 0.5) is 22.7 Å². The molecule has 1 aliphatic heterocycles. The lowest BCUT2D eigenvalue weighted by Crippen LogP contribution is -2.36. The average molecular weight is 804 g/mol. The fourth-order valence-corrected chi connectivity index (χ4v) is 8.48. The number of imide groups is 1. The van der Waals surface area contributed by atoms with E-state index in [0.717, 1.165) is 37.9 Å². The van der Waals surface area contributed by atoms with Crippen molar-refractivity contribution in [1.29, 1.82) is 0 Å². The van der Waals surface area contributed by atoms with Gasteiger partial charge in [0.2, 0.25) is 0 Å². The van der Waals surface area contributed by atoms with Gasteiger partial charge in [-0.1, -0.05) is 41.6 Å². The molecule has 0 spiro atoms. The summed E-state index contributed by atoms with van der Waals surface area (Å²) in [6, 6.07) is 26.3. The Morgan fingerprint density at radius 1 is 0.450 bits per heavy atom. The quantitative estimate of drug-likeness (QED) is 0.0324. The van der Waals surface area contributed by atoms with Gasteiger partial charge in [0.15, 0.2) is 17.6 Å². The third-order valence-electron chi connectivity index (χ3n) is 11.2. The standard InChI is InChI=1S/C45H37N7O8/c53-21-17-50(18-22-54)27-5-1-25(2-6-27)46-48-41-42(57)33-13-9-29-31-11-15-35-40-36(16-12-32(38(31)40)30-10-14-34(43(41)58)39(33)37(29)30)45(60)52(44(35)59)49-47-26-3-7-28(8-4-26)51(19-23-55)20-24-56/h1-16,41,53-56H,17-24H2. The Balaban J connectivity index is 1.05. The van der Waals surface area contributed by atoms with Crippen molar-refractivity contribution >= 4 is 89.2 Å². The van der Waals surface area contributed by atoms with Gasteiger partial charge in [-0.2, -0.15) is 10.2 Å². The largest absolute Gasteiger partial charge is 0.395 e. The number of carbonyl (C=O) groups is 4. The summed E-state index contributed by atoms with van der Waals surface area (Å²) in [4.78, 5) is 59.6. The Labute approximate surface area is 341 Å². The van der Waals surface area contributed by atoms with E-state index in [9.17, 15) is 39.6 Å². The van der Waals surface area contributed by atoms with Gasteiger partial charge < -0.3 is 30.2 Å². The van der Waals surface area contributed by atoms with Gasteiger partial charge in [0, 0.05) is 59.5 Å². The van der Waals surface area contributed by atoms with E-state index in [1.54, 1.807) is 72.8 Å². The smallest absolute Gasteiger partial charge is 0.283 e. The van der Waals surface area contributed by atoms with Crippen molar-refractivity contribution in [3.8, 4) is 0 Å². The van der Waals surface area contributed by atoms with E-state index in [4.69, 9.17) is 0 Å². The maximum absolute atomic E-state index is 14.0. The maximum Gasteiger partial charge on any atom is 0.283 e. The highest BCUT2D eigenvalue weighted by Gasteiger charge is 2.39. The van der Waals surface area contributed by atoms with Crippen LogP contribution in [0.15, 0.2) is 118 Å². The van der Waals surface area contributed by atoms with Gasteiger partial charge in [0.05, 0.1) is 48.9 Å². The normalized spacial score (nSPS) is 14.4. The number of ketones is 2. The van der Waals surface area contributed by atoms with E-state index in [1.807, 2.05) is 34.1 Å². The van der Waals surface area contributed by atoms with Gasteiger partial charge in [-0.15, -0.1) is 10.1 Å². The summed E-state index contributed by atoms with van der Waals surface area (Å²) in [7, 11) is 0. The van der Waals surface area contributed by atoms with Gasteiger partial charge in [-0.05, 0) is 93.0 Å². The fourth-order valence-electron chi connectivity index (χ4n) is 8.48. The number of Topliss-reactive ketones (excluding diaryl/α,β-unsaturated/α-hetero) is 2. The summed E-state index contributed by atoms with van der Waals surface area (Å²) in [5.41, 5.74) is 3.57. The molecule has 0 saturated carbocycles. The lowest BCUT2D eigenvalue weighted by atomic mass is 9.79. The van der Waals surface area contributed by atoms with Crippen molar-refractivity contribution in [2.24, 2.45) is 20.6 Å². The molecule has 1 aliphatic carbocycles. The molecule has 0 radical (unpaired) electrons. The number of benzene rings is 7. The molecular formula is C45H37N7O8. The van der Waals surface area contributed by atoms with Gasteiger partial charge >= 0.3 is 0 Å². The Hall–Kier alpha value is -7.04. The number of fused-ring (bicyclic) bond motifs is 2. The molecule has 7 aromatic rings. The number of aliphatic hydroxyl groups excluding tert-OH is 4. The van der Waals surface area contributed by atoms with E-state index in [-0.39, 0.29) is 37.6 Å². The third-order valence-corrected chi connectivity index (χ3v) is 11.2. The first-order valence-electron chi connectivity index (χ1n) is 19.4. The van der Waals surface area contributed by atoms with Crippen LogP contribution < -0.4 is 9.80 Å². The van der Waals surface area contributed by atoms with Gasteiger partial charge in [-0.25, -0.2) is 0 Å². The zero-order valence-corrected chi connectivity index (χ0v) is 32.0. The van der Waals surface area contributed by atoms with Crippen LogP contribution in [-0.2, 0) is 0 Å². The van der Waals surface area contributed by atoms with Crippen LogP contribution in [0.1, 0.15) is 41.4 Å². The second-order valence-electron chi connectivity index (χ2n) is 14.5. The molecule has 4 N–H and O–H groups in total. The molecule has 9 rings (SSSR count). The molecule has 0 atom stereocenters. The second-order valence-corrected chi connectivity index (χ2v) is 14.5. The van der Waals surface area contributed by atoms with Crippen molar-refractivity contribution in [3.05, 3.63) is 119 Å². The minimum atomic E-state index is -1.38. The highest BCUT2D eigenvalue weighted by molar-refractivity contribution is 6.42. The number of nitrogens with zero attached hydrogens (tertiary/aromatic N) is 7. The number of hydrogen-bond acceptors (Lipinski definition) is 14. The highest BCUT2D eigenvalue weighted by Crippen LogP contribution is 2.46. The first-order valence-corrected chi connectivity index (χ1v) is 19.4. The van der Waals surface area contributed by atoms with E-state index in [2.05, 4.69) is 20.6 Å². The number of hydrogen-bond donors (Lipinski definition) is 4. The van der Waals surface area contributed by atoms with Crippen molar-refractivity contribution in [2.45, 2.75) is 6.04 Å². The number of rotatable bonds is 14. The Bertz CT molecular complexity index is 2600. The Morgan fingerprint density at radius 2 is 0.817 bits per heavy atom. The predicted octanol–water partition coefficient (Wildman–Crippen LogP) is 6.15. The summed E-state index contributed by atoms with van der Waals surface area (Å²) in [6.45, 7) is 1.03. The highest BCUT2D eigenvalue weighted by atomic mass is 16.3. The SMILES string of the molecule is O=C1c2ccc3c4ccc5c6c(ccc(c7ccc(c2c37)C(=O)C1N=Nc1ccc(N(CCO)CCO)cc1)c64)C(=O)N(N=Nc1ccc(N(CCO)CCO)cc1)C5=O. The molecule has 2 aliphatic rings. The molecule has 0 saturated heterocycles. The van der Waals surface area contributed by atoms with Gasteiger partial charge in [-0.3, -0.25) is 19.2 Å². The van der Waals surface area contributed by atoms with Crippen LogP contribution in [0.3, 0.4) is 0 Å². The third kappa shape index (κ3) is 6.22. The van der Waals surface area contributed by atoms with Gasteiger partial charge in [0.25, 0.3) is 11.8 Å². The minimum Gasteiger partial charge on any atom is -0.395 e. The van der Waals surface area contributed by atoms with Crippen molar-refractivity contribution in [3.63, 3.8) is 0 Å². The number of aliphatic hydroxyl groups is 4. The van der Waals surface area contributed by atoms with Crippen LogP contribution in [0.25, 0.3) is 43.1 Å². The van der Waals surface area contributed by atoms with Crippen molar-refractivity contribution < 1.29 is 39.6 Å². The summed E-state index contributed by atoms with van der Waals surface area (Å²) >= 11 is 0. The second kappa shape index (κ2) is 15.6. The first-order chi connectivity index (χ1) is 29.3. The van der Waals surface area contributed by atoms with Crippen LogP contribution in [-0.4, -0.2) is 107 Å². The minimum absolute atomic E-state index is 0.0795. The molecular weight excluding hydrogens is 767 g/mol. The number of carbonyl (C=O) groups excluding carboxylic acids is 4. The van der Waals surface area contributed by atoms with Crippen molar-refractivity contribution in [1.82, 2.24) is 5.01 Å². The summed E-state index contributed by atoms with van der Waals surface area (Å²) in [5, 5.41) is 60.4. The molecule has 0 fully saturated rings. The molecule has 1 heterocycles. The summed E-state index contributed by atoms with van der Waals surface area (Å²) in [6.07, 6.45) is 0. The lowest BCUT2D eigenvalue weighted by Gasteiger charge is -2.26. The Morgan fingerprint density at radius 3 is 1.22 bits per heavy atom. The zero-order chi connectivity index (χ0) is 41.7. The first kappa shape index (κ1) is 38.5.